The number of carbonyl (C=O) groups is 1. The standard InChI is InChI=1S/C12H13N3O2S/c1-8(16)9-3-4-11(17-2)10(5-9)6-18-12-13-7-14-15-12/h3-5,7H,6H2,1-2H3,(H,13,14,15). The Morgan fingerprint density at radius 3 is 2.94 bits per heavy atom. The van der Waals surface area contributed by atoms with Gasteiger partial charge in [0.2, 0.25) is 0 Å². The number of H-pyrrole nitrogens is 1. The van der Waals surface area contributed by atoms with Gasteiger partial charge in [0.1, 0.15) is 12.1 Å². The first-order valence-electron chi connectivity index (χ1n) is 5.36. The molecule has 2 aromatic rings. The number of rotatable bonds is 5. The van der Waals surface area contributed by atoms with Gasteiger partial charge in [-0.15, -0.1) is 0 Å². The van der Waals surface area contributed by atoms with Crippen molar-refractivity contribution in [2.24, 2.45) is 0 Å². The smallest absolute Gasteiger partial charge is 0.183 e. The molecule has 0 aliphatic rings. The second-order valence-electron chi connectivity index (χ2n) is 3.66. The van der Waals surface area contributed by atoms with Crippen LogP contribution in [0.5, 0.6) is 5.75 Å². The highest BCUT2D eigenvalue weighted by Crippen LogP contribution is 2.27. The van der Waals surface area contributed by atoms with Gasteiger partial charge in [-0.25, -0.2) is 4.98 Å². The number of ketones is 1. The van der Waals surface area contributed by atoms with Crippen LogP contribution in [0.3, 0.4) is 0 Å². The molecular weight excluding hydrogens is 250 g/mol. The van der Waals surface area contributed by atoms with E-state index in [2.05, 4.69) is 15.2 Å². The maximum Gasteiger partial charge on any atom is 0.183 e. The summed E-state index contributed by atoms with van der Waals surface area (Å²) in [6.45, 7) is 1.55. The average Bonchev–Trinajstić information content (AvgIpc) is 2.89. The lowest BCUT2D eigenvalue weighted by Crippen LogP contribution is -1.97. The number of Topliss-reactive ketones (excluding diaryl/α,β-unsaturated/α-hetero) is 1. The number of nitrogens with one attached hydrogen (secondary N) is 1. The third kappa shape index (κ3) is 2.89. The van der Waals surface area contributed by atoms with E-state index < -0.39 is 0 Å². The van der Waals surface area contributed by atoms with Crippen LogP contribution in [0.2, 0.25) is 0 Å². The fourth-order valence-electron chi connectivity index (χ4n) is 1.52. The molecule has 5 nitrogen and oxygen atoms in total. The number of aromatic amines is 1. The Balaban J connectivity index is 2.18. The van der Waals surface area contributed by atoms with Gasteiger partial charge in [-0.2, -0.15) is 5.10 Å². The summed E-state index contributed by atoms with van der Waals surface area (Å²) in [5.74, 6) is 1.48. The molecule has 0 bridgehead atoms. The number of methoxy groups -OCH3 is 1. The Kier molecular flexibility index (Phi) is 3.99. The molecule has 1 N–H and O–H groups in total. The van der Waals surface area contributed by atoms with Gasteiger partial charge in [-0.3, -0.25) is 9.89 Å². The highest BCUT2D eigenvalue weighted by Gasteiger charge is 2.08. The van der Waals surface area contributed by atoms with E-state index in [9.17, 15) is 4.79 Å². The summed E-state index contributed by atoms with van der Waals surface area (Å²) in [4.78, 5) is 15.4. The Morgan fingerprint density at radius 2 is 2.33 bits per heavy atom. The predicted molar refractivity (Wildman–Crippen MR) is 68.9 cm³/mol. The van der Waals surface area contributed by atoms with Gasteiger partial charge in [-0.05, 0) is 25.1 Å². The summed E-state index contributed by atoms with van der Waals surface area (Å²) in [7, 11) is 1.62. The van der Waals surface area contributed by atoms with Crippen LogP contribution in [0.1, 0.15) is 22.8 Å². The molecule has 0 aliphatic heterocycles. The van der Waals surface area contributed by atoms with Crippen LogP contribution >= 0.6 is 11.8 Å². The minimum Gasteiger partial charge on any atom is -0.496 e. The van der Waals surface area contributed by atoms with Crippen LogP contribution in [-0.2, 0) is 5.75 Å². The van der Waals surface area contributed by atoms with E-state index in [4.69, 9.17) is 4.74 Å². The van der Waals surface area contributed by atoms with Crippen molar-refractivity contribution in [3.05, 3.63) is 35.7 Å². The van der Waals surface area contributed by atoms with E-state index in [1.165, 1.54) is 18.1 Å². The number of thioether (sulfide) groups is 1. The third-order valence-electron chi connectivity index (χ3n) is 2.44. The summed E-state index contributed by atoms with van der Waals surface area (Å²) in [6.07, 6.45) is 1.46. The summed E-state index contributed by atoms with van der Waals surface area (Å²) < 4.78 is 5.28. The van der Waals surface area contributed by atoms with E-state index in [0.717, 1.165) is 16.5 Å². The average molecular weight is 263 g/mol. The second-order valence-corrected chi connectivity index (χ2v) is 4.63. The van der Waals surface area contributed by atoms with Crippen LogP contribution in [0, 0.1) is 0 Å². The molecule has 6 heteroatoms. The normalized spacial score (nSPS) is 10.3. The monoisotopic (exact) mass is 263 g/mol. The molecule has 0 aliphatic carbocycles. The third-order valence-corrected chi connectivity index (χ3v) is 3.37. The van der Waals surface area contributed by atoms with Crippen molar-refractivity contribution >= 4 is 17.5 Å². The lowest BCUT2D eigenvalue weighted by Gasteiger charge is -2.08. The first kappa shape index (κ1) is 12.6. The summed E-state index contributed by atoms with van der Waals surface area (Å²) in [5, 5.41) is 7.30. The van der Waals surface area contributed by atoms with Gasteiger partial charge in [0.25, 0.3) is 0 Å². The van der Waals surface area contributed by atoms with Crippen molar-refractivity contribution in [1.82, 2.24) is 15.2 Å². The van der Waals surface area contributed by atoms with Crippen molar-refractivity contribution < 1.29 is 9.53 Å². The lowest BCUT2D eigenvalue weighted by molar-refractivity contribution is 0.101. The molecule has 94 valence electrons. The van der Waals surface area contributed by atoms with Crippen molar-refractivity contribution in [2.45, 2.75) is 17.8 Å². The van der Waals surface area contributed by atoms with Crippen molar-refractivity contribution in [1.29, 1.82) is 0 Å². The van der Waals surface area contributed by atoms with Gasteiger partial charge in [0.15, 0.2) is 10.9 Å². The van der Waals surface area contributed by atoms with Crippen molar-refractivity contribution in [3.63, 3.8) is 0 Å². The van der Waals surface area contributed by atoms with Crippen LogP contribution in [-0.4, -0.2) is 28.1 Å². The van der Waals surface area contributed by atoms with E-state index in [0.29, 0.717) is 11.3 Å². The first-order chi connectivity index (χ1) is 8.70. The minimum absolute atomic E-state index is 0.0450. The molecule has 2 rings (SSSR count). The fraction of sp³-hybridized carbons (Fsp3) is 0.250. The highest BCUT2D eigenvalue weighted by atomic mass is 32.2. The quantitative estimate of drug-likeness (QED) is 0.662. The molecule has 1 aromatic heterocycles. The number of hydrogen-bond donors (Lipinski definition) is 1. The van der Waals surface area contributed by atoms with Crippen LogP contribution in [0.25, 0.3) is 0 Å². The largest absolute Gasteiger partial charge is 0.496 e. The second kappa shape index (κ2) is 5.68. The molecule has 18 heavy (non-hydrogen) atoms. The molecule has 0 saturated carbocycles. The molecule has 0 radical (unpaired) electrons. The topological polar surface area (TPSA) is 67.9 Å². The van der Waals surface area contributed by atoms with Gasteiger partial charge >= 0.3 is 0 Å². The fourth-order valence-corrected chi connectivity index (χ4v) is 2.28. The zero-order valence-electron chi connectivity index (χ0n) is 10.1. The molecule has 0 amide bonds. The lowest BCUT2D eigenvalue weighted by atomic mass is 10.1. The van der Waals surface area contributed by atoms with Crippen LogP contribution in [0.15, 0.2) is 29.7 Å². The number of carbonyl (C=O) groups excluding carboxylic acids is 1. The van der Waals surface area contributed by atoms with E-state index in [-0.39, 0.29) is 5.78 Å². The Hall–Kier alpha value is -1.82. The molecule has 1 aromatic carbocycles. The van der Waals surface area contributed by atoms with Crippen molar-refractivity contribution in [2.75, 3.05) is 7.11 Å². The van der Waals surface area contributed by atoms with Crippen molar-refractivity contribution in [3.8, 4) is 5.75 Å². The summed E-state index contributed by atoms with van der Waals surface area (Å²) >= 11 is 1.51. The SMILES string of the molecule is COc1ccc(C(C)=O)cc1CSc1ncn[nH]1. The number of benzene rings is 1. The maximum absolute atomic E-state index is 11.4. The molecular formula is C12H13N3O2S. The number of ether oxygens (including phenoxy) is 1. The summed E-state index contributed by atoms with van der Waals surface area (Å²) in [6, 6.07) is 5.43. The van der Waals surface area contributed by atoms with Gasteiger partial charge in [0.05, 0.1) is 7.11 Å². The van der Waals surface area contributed by atoms with Gasteiger partial charge in [0, 0.05) is 16.9 Å². The van der Waals surface area contributed by atoms with Crippen LogP contribution in [0.4, 0.5) is 0 Å². The minimum atomic E-state index is 0.0450. The summed E-state index contributed by atoms with van der Waals surface area (Å²) in [5.41, 5.74) is 1.65. The zero-order chi connectivity index (χ0) is 13.0. The molecule has 0 saturated heterocycles. The van der Waals surface area contributed by atoms with Gasteiger partial charge in [-0.1, -0.05) is 11.8 Å². The molecule has 0 fully saturated rings. The van der Waals surface area contributed by atoms with Gasteiger partial charge < -0.3 is 4.74 Å². The maximum atomic E-state index is 11.4. The Labute approximate surface area is 109 Å². The number of nitrogens with zero attached hydrogens (tertiary/aromatic N) is 2. The first-order valence-corrected chi connectivity index (χ1v) is 6.35. The Morgan fingerprint density at radius 1 is 1.50 bits per heavy atom. The molecule has 1 heterocycles. The molecule has 0 spiro atoms. The Bertz CT molecular complexity index is 540. The molecule has 0 unspecified atom stereocenters. The van der Waals surface area contributed by atoms with Crippen LogP contribution < -0.4 is 4.74 Å². The predicted octanol–water partition coefficient (Wildman–Crippen LogP) is 2.31. The van der Waals surface area contributed by atoms with E-state index in [1.54, 1.807) is 20.1 Å². The molecule has 0 atom stereocenters. The highest BCUT2D eigenvalue weighted by molar-refractivity contribution is 7.98. The number of hydrogen-bond acceptors (Lipinski definition) is 5. The van der Waals surface area contributed by atoms with E-state index in [1.807, 2.05) is 12.1 Å². The zero-order valence-corrected chi connectivity index (χ0v) is 11.0. The van der Waals surface area contributed by atoms with E-state index >= 15 is 0 Å². The number of aromatic nitrogens is 3.